The minimum Gasteiger partial charge on any atom is -0.314 e. The maximum atomic E-state index is 14.2. The van der Waals surface area contributed by atoms with Crippen molar-refractivity contribution in [2.75, 3.05) is 0 Å². The molecule has 1 aromatic heterocycles. The molecule has 0 saturated heterocycles. The van der Waals surface area contributed by atoms with Gasteiger partial charge >= 0.3 is 6.18 Å². The number of fused-ring (bicyclic) bond motifs is 1. The number of hydrogen-bond acceptors (Lipinski definition) is 2. The van der Waals surface area contributed by atoms with Crippen molar-refractivity contribution in [3.8, 4) is 0 Å². The van der Waals surface area contributed by atoms with Crippen LogP contribution in [0.1, 0.15) is 48.8 Å². The molecular formula is C17H16F5N3. The van der Waals surface area contributed by atoms with Gasteiger partial charge in [0.25, 0.3) is 0 Å². The summed E-state index contributed by atoms with van der Waals surface area (Å²) in [7, 11) is 0. The third-order valence-corrected chi connectivity index (χ3v) is 5.33. The van der Waals surface area contributed by atoms with Gasteiger partial charge in [0.1, 0.15) is 17.1 Å². The van der Waals surface area contributed by atoms with Gasteiger partial charge in [-0.1, -0.05) is 12.1 Å². The molecule has 2 aliphatic rings. The molecule has 0 spiro atoms. The quantitative estimate of drug-likeness (QED) is 0.752. The van der Waals surface area contributed by atoms with Crippen LogP contribution in [0, 0.1) is 11.6 Å². The number of nitrogens with zero attached hydrogens (tertiary/aromatic N) is 3. The summed E-state index contributed by atoms with van der Waals surface area (Å²) < 4.78 is 69.6. The van der Waals surface area contributed by atoms with E-state index in [1.165, 1.54) is 16.7 Å². The molecule has 1 aliphatic heterocycles. The van der Waals surface area contributed by atoms with Crippen molar-refractivity contribution in [2.45, 2.75) is 56.2 Å². The molecule has 0 N–H and O–H groups in total. The van der Waals surface area contributed by atoms with E-state index < -0.39 is 29.1 Å². The predicted molar refractivity (Wildman–Crippen MR) is 79.0 cm³/mol. The summed E-state index contributed by atoms with van der Waals surface area (Å²) in [5.41, 5.74) is -1.74. The zero-order chi connectivity index (χ0) is 17.8. The molecule has 25 heavy (non-hydrogen) atoms. The van der Waals surface area contributed by atoms with E-state index in [1.807, 2.05) is 0 Å². The SMILES string of the molecule is Fc1cccc([C@@H]2CCCc3nnc(C4(C(F)(F)F)CC4)n3C2)c1F. The van der Waals surface area contributed by atoms with E-state index in [1.54, 1.807) is 0 Å². The van der Waals surface area contributed by atoms with Crippen LogP contribution in [0.2, 0.25) is 0 Å². The smallest absolute Gasteiger partial charge is 0.314 e. The molecule has 2 heterocycles. The normalized spacial score (nSPS) is 22.4. The molecule has 1 saturated carbocycles. The highest BCUT2D eigenvalue weighted by Crippen LogP contribution is 2.58. The number of halogens is 5. The van der Waals surface area contributed by atoms with Crippen LogP contribution in [0.5, 0.6) is 0 Å². The van der Waals surface area contributed by atoms with E-state index in [0.29, 0.717) is 25.1 Å². The summed E-state index contributed by atoms with van der Waals surface area (Å²) in [6, 6.07) is 3.95. The molecule has 4 rings (SSSR count). The summed E-state index contributed by atoms with van der Waals surface area (Å²) in [5.74, 6) is -1.87. The lowest BCUT2D eigenvalue weighted by molar-refractivity contribution is -0.163. The molecule has 8 heteroatoms. The first kappa shape index (κ1) is 16.5. The molecule has 2 aromatic rings. The van der Waals surface area contributed by atoms with E-state index in [0.717, 1.165) is 6.07 Å². The number of alkyl halides is 3. The van der Waals surface area contributed by atoms with Crippen LogP contribution in [0.3, 0.4) is 0 Å². The Morgan fingerprint density at radius 1 is 1.12 bits per heavy atom. The molecule has 0 amide bonds. The lowest BCUT2D eigenvalue weighted by Gasteiger charge is -2.22. The highest BCUT2D eigenvalue weighted by atomic mass is 19.4. The Hall–Kier alpha value is -1.99. The fourth-order valence-corrected chi connectivity index (χ4v) is 3.73. The van der Waals surface area contributed by atoms with Gasteiger partial charge in [0.05, 0.1) is 0 Å². The summed E-state index contributed by atoms with van der Waals surface area (Å²) in [4.78, 5) is 0. The second-order valence-electron chi connectivity index (χ2n) is 6.86. The van der Waals surface area contributed by atoms with E-state index in [2.05, 4.69) is 10.2 Å². The van der Waals surface area contributed by atoms with Crippen molar-refractivity contribution >= 4 is 0 Å². The minimum absolute atomic E-state index is 0.00632. The van der Waals surface area contributed by atoms with Gasteiger partial charge < -0.3 is 4.57 Å². The standard InChI is InChI=1S/C17H16F5N3/c18-12-5-2-4-11(14(12)19)10-3-1-6-13-23-24-15(25(13)9-10)16(7-8-16)17(20,21)22/h2,4-5,10H,1,3,6-9H2/t10-/m1/s1. The van der Waals surface area contributed by atoms with Crippen LogP contribution in [-0.4, -0.2) is 20.9 Å². The molecular weight excluding hydrogens is 341 g/mol. The largest absolute Gasteiger partial charge is 0.401 e. The molecule has 134 valence electrons. The number of benzene rings is 1. The minimum atomic E-state index is -4.39. The van der Waals surface area contributed by atoms with E-state index in [4.69, 9.17) is 0 Å². The Morgan fingerprint density at radius 2 is 1.88 bits per heavy atom. The topological polar surface area (TPSA) is 30.7 Å². The summed E-state index contributed by atoms with van der Waals surface area (Å²) in [6.07, 6.45) is -2.72. The second kappa shape index (κ2) is 5.51. The molecule has 1 atom stereocenters. The molecule has 1 aliphatic carbocycles. The van der Waals surface area contributed by atoms with Crippen LogP contribution >= 0.6 is 0 Å². The van der Waals surface area contributed by atoms with Crippen LogP contribution < -0.4 is 0 Å². The zero-order valence-electron chi connectivity index (χ0n) is 13.3. The molecule has 0 unspecified atom stereocenters. The summed E-state index contributed by atoms with van der Waals surface area (Å²) in [5, 5.41) is 7.78. The summed E-state index contributed by atoms with van der Waals surface area (Å²) in [6.45, 7) is 0.135. The lowest BCUT2D eigenvalue weighted by atomic mass is 9.93. The van der Waals surface area contributed by atoms with Crippen LogP contribution in [-0.2, 0) is 18.4 Å². The highest BCUT2D eigenvalue weighted by molar-refractivity contribution is 5.27. The Balaban J connectivity index is 1.74. The van der Waals surface area contributed by atoms with E-state index >= 15 is 0 Å². The fourth-order valence-electron chi connectivity index (χ4n) is 3.73. The van der Waals surface area contributed by atoms with Gasteiger partial charge in [-0.3, -0.25) is 0 Å². The Kier molecular flexibility index (Phi) is 3.63. The highest BCUT2D eigenvalue weighted by Gasteiger charge is 2.67. The van der Waals surface area contributed by atoms with Crippen LogP contribution in [0.4, 0.5) is 22.0 Å². The Bertz CT molecular complexity index is 807. The van der Waals surface area contributed by atoms with E-state index in [-0.39, 0.29) is 30.8 Å². The van der Waals surface area contributed by atoms with Gasteiger partial charge in [0.2, 0.25) is 0 Å². The lowest BCUT2D eigenvalue weighted by Crippen LogP contribution is -2.32. The maximum absolute atomic E-state index is 14.2. The first-order valence-corrected chi connectivity index (χ1v) is 8.27. The molecule has 1 fully saturated rings. The van der Waals surface area contributed by atoms with Gasteiger partial charge in [0, 0.05) is 18.9 Å². The van der Waals surface area contributed by atoms with Gasteiger partial charge in [-0.25, -0.2) is 8.78 Å². The van der Waals surface area contributed by atoms with Crippen LogP contribution in [0.25, 0.3) is 0 Å². The van der Waals surface area contributed by atoms with Crippen molar-refractivity contribution in [3.63, 3.8) is 0 Å². The number of rotatable bonds is 2. The van der Waals surface area contributed by atoms with Crippen molar-refractivity contribution < 1.29 is 22.0 Å². The molecule has 0 radical (unpaired) electrons. The number of aryl methyl sites for hydroxylation is 1. The van der Waals surface area contributed by atoms with Crippen molar-refractivity contribution in [3.05, 3.63) is 47.0 Å². The molecule has 3 nitrogen and oxygen atoms in total. The van der Waals surface area contributed by atoms with Crippen molar-refractivity contribution in [1.29, 1.82) is 0 Å². The number of aromatic nitrogens is 3. The molecule has 0 bridgehead atoms. The second-order valence-corrected chi connectivity index (χ2v) is 6.86. The van der Waals surface area contributed by atoms with Crippen molar-refractivity contribution in [1.82, 2.24) is 14.8 Å². The average Bonchev–Trinajstić information content (AvgIpc) is 3.31. The monoisotopic (exact) mass is 357 g/mol. The first-order valence-electron chi connectivity index (χ1n) is 8.27. The predicted octanol–water partition coefficient (Wildman–Crippen LogP) is 4.27. The zero-order valence-corrected chi connectivity index (χ0v) is 13.3. The maximum Gasteiger partial charge on any atom is 0.401 e. The number of hydrogen-bond donors (Lipinski definition) is 0. The first-order chi connectivity index (χ1) is 11.8. The van der Waals surface area contributed by atoms with Gasteiger partial charge in [-0.15, -0.1) is 10.2 Å². The third-order valence-electron chi connectivity index (χ3n) is 5.33. The Labute approximate surface area is 140 Å². The fraction of sp³-hybridized carbons (Fsp3) is 0.529. The summed E-state index contributed by atoms with van der Waals surface area (Å²) >= 11 is 0. The van der Waals surface area contributed by atoms with Crippen LogP contribution in [0.15, 0.2) is 18.2 Å². The van der Waals surface area contributed by atoms with Crippen molar-refractivity contribution in [2.24, 2.45) is 0 Å². The van der Waals surface area contributed by atoms with Gasteiger partial charge in [-0.2, -0.15) is 13.2 Å². The molecule has 1 aromatic carbocycles. The van der Waals surface area contributed by atoms with E-state index in [9.17, 15) is 22.0 Å². The Morgan fingerprint density at radius 3 is 2.56 bits per heavy atom. The van der Waals surface area contributed by atoms with Gasteiger partial charge in [-0.05, 0) is 37.3 Å². The average molecular weight is 357 g/mol. The third kappa shape index (κ3) is 2.53. The van der Waals surface area contributed by atoms with Gasteiger partial charge in [0.15, 0.2) is 11.6 Å².